The third-order valence-electron chi connectivity index (χ3n) is 3.03. The molecule has 0 radical (unpaired) electrons. The fourth-order valence-corrected chi connectivity index (χ4v) is 2.11. The first kappa shape index (κ1) is 13.3. The van der Waals surface area contributed by atoms with Crippen molar-refractivity contribution in [2.75, 3.05) is 0 Å². The van der Waals surface area contributed by atoms with E-state index < -0.39 is 0 Å². The number of nitrogens with zero attached hydrogens (tertiary/aromatic N) is 1. The summed E-state index contributed by atoms with van der Waals surface area (Å²) in [6.45, 7) is 4.04. The second kappa shape index (κ2) is 5.65. The zero-order valence-corrected chi connectivity index (χ0v) is 11.2. The predicted molar refractivity (Wildman–Crippen MR) is 75.4 cm³/mol. The zero-order valence-electron chi connectivity index (χ0n) is 11.2. The molecule has 19 heavy (non-hydrogen) atoms. The number of carbonyl (C=O) groups excluding carboxylic acids is 1. The number of pyridine rings is 1. The minimum atomic E-state index is -0.0248. The van der Waals surface area contributed by atoms with E-state index in [-0.39, 0.29) is 11.3 Å². The minimum Gasteiger partial charge on any atom is -0.311 e. The maximum atomic E-state index is 11.8. The molecule has 2 rings (SSSR count). The molecule has 0 fully saturated rings. The molecular weight excluding hydrogens is 238 g/mol. The first-order chi connectivity index (χ1) is 9.06. The summed E-state index contributed by atoms with van der Waals surface area (Å²) in [6, 6.07) is 11.1. The Morgan fingerprint density at radius 3 is 2.47 bits per heavy atom. The fourth-order valence-electron chi connectivity index (χ4n) is 2.11. The van der Waals surface area contributed by atoms with Crippen molar-refractivity contribution in [3.8, 4) is 0 Å². The summed E-state index contributed by atoms with van der Waals surface area (Å²) in [5.74, 6) is 0.129. The van der Waals surface area contributed by atoms with Gasteiger partial charge in [-0.25, -0.2) is 0 Å². The molecular formula is C16H17NO2. The van der Waals surface area contributed by atoms with Gasteiger partial charge in [0.25, 0.3) is 5.56 Å². The van der Waals surface area contributed by atoms with Gasteiger partial charge in [-0.05, 0) is 30.5 Å². The molecule has 0 aliphatic carbocycles. The van der Waals surface area contributed by atoms with Crippen LogP contribution in [0.4, 0.5) is 0 Å². The van der Waals surface area contributed by atoms with Crippen LogP contribution in [0.3, 0.4) is 0 Å². The largest absolute Gasteiger partial charge is 0.311 e. The fraction of sp³-hybridized carbons (Fsp3) is 0.250. The number of Topliss-reactive ketones (excluding diaryl/α,β-unsaturated/α-hetero) is 1. The number of benzene rings is 1. The van der Waals surface area contributed by atoms with Gasteiger partial charge in [0.1, 0.15) is 5.78 Å². The number of aromatic nitrogens is 1. The Hall–Kier alpha value is -2.16. The Kier molecular flexibility index (Phi) is 3.95. The van der Waals surface area contributed by atoms with Crippen LogP contribution in [0.25, 0.3) is 0 Å². The smallest absolute Gasteiger partial charge is 0.250 e. The van der Waals surface area contributed by atoms with E-state index in [1.807, 2.05) is 37.4 Å². The van der Waals surface area contributed by atoms with Crippen molar-refractivity contribution in [1.82, 2.24) is 4.57 Å². The summed E-state index contributed by atoms with van der Waals surface area (Å²) in [4.78, 5) is 23.1. The van der Waals surface area contributed by atoms with Gasteiger partial charge < -0.3 is 4.57 Å². The number of ketones is 1. The van der Waals surface area contributed by atoms with Gasteiger partial charge >= 0.3 is 0 Å². The highest BCUT2D eigenvalue weighted by molar-refractivity contribution is 5.78. The molecule has 0 bridgehead atoms. The Morgan fingerprint density at radius 1 is 1.11 bits per heavy atom. The highest BCUT2D eigenvalue weighted by Crippen LogP contribution is 2.11. The predicted octanol–water partition coefficient (Wildman–Crippen LogP) is 2.34. The van der Waals surface area contributed by atoms with Crippen LogP contribution >= 0.6 is 0 Å². The van der Waals surface area contributed by atoms with Crippen molar-refractivity contribution >= 4 is 5.78 Å². The van der Waals surface area contributed by atoms with Crippen LogP contribution in [-0.4, -0.2) is 10.4 Å². The number of hydrogen-bond donors (Lipinski definition) is 0. The van der Waals surface area contributed by atoms with Gasteiger partial charge in [0.2, 0.25) is 0 Å². The van der Waals surface area contributed by atoms with E-state index in [0.717, 1.165) is 16.7 Å². The van der Waals surface area contributed by atoms with Crippen LogP contribution in [0.5, 0.6) is 0 Å². The molecule has 1 heterocycles. The highest BCUT2D eigenvalue weighted by Gasteiger charge is 2.06. The Bertz CT molecular complexity index is 656. The molecule has 2 aromatic rings. The quantitative estimate of drug-likeness (QED) is 0.841. The SMILES string of the molecule is CC(=O)Cc1ccccc1Cn1cc(C)ccc1=O. The van der Waals surface area contributed by atoms with Crippen molar-refractivity contribution in [3.05, 3.63) is 69.6 Å². The molecule has 0 spiro atoms. The molecule has 0 atom stereocenters. The van der Waals surface area contributed by atoms with E-state index in [4.69, 9.17) is 0 Å². The number of rotatable bonds is 4. The average molecular weight is 255 g/mol. The molecule has 0 aliphatic heterocycles. The molecule has 1 aromatic heterocycles. The van der Waals surface area contributed by atoms with E-state index in [1.165, 1.54) is 0 Å². The molecule has 0 saturated heterocycles. The summed E-state index contributed by atoms with van der Waals surface area (Å²) in [7, 11) is 0. The number of hydrogen-bond acceptors (Lipinski definition) is 2. The van der Waals surface area contributed by atoms with E-state index in [9.17, 15) is 9.59 Å². The van der Waals surface area contributed by atoms with Crippen LogP contribution < -0.4 is 5.56 Å². The number of carbonyl (C=O) groups is 1. The zero-order chi connectivity index (χ0) is 13.8. The van der Waals surface area contributed by atoms with Crippen LogP contribution in [0.2, 0.25) is 0 Å². The molecule has 0 unspecified atom stereocenters. The van der Waals surface area contributed by atoms with Gasteiger partial charge in [-0.1, -0.05) is 30.3 Å². The van der Waals surface area contributed by atoms with E-state index in [2.05, 4.69) is 0 Å². The van der Waals surface area contributed by atoms with E-state index in [1.54, 1.807) is 23.6 Å². The van der Waals surface area contributed by atoms with Crippen molar-refractivity contribution in [1.29, 1.82) is 0 Å². The molecule has 1 aromatic carbocycles. The van der Waals surface area contributed by atoms with Crippen molar-refractivity contribution < 1.29 is 4.79 Å². The normalized spacial score (nSPS) is 10.4. The highest BCUT2D eigenvalue weighted by atomic mass is 16.1. The van der Waals surface area contributed by atoms with Crippen LogP contribution in [0.15, 0.2) is 47.4 Å². The summed E-state index contributed by atoms with van der Waals surface area (Å²) >= 11 is 0. The lowest BCUT2D eigenvalue weighted by Crippen LogP contribution is -2.20. The third-order valence-corrected chi connectivity index (χ3v) is 3.03. The second-order valence-electron chi connectivity index (χ2n) is 4.82. The minimum absolute atomic E-state index is 0.0248. The van der Waals surface area contributed by atoms with Gasteiger partial charge in [0.15, 0.2) is 0 Å². The molecule has 0 amide bonds. The maximum Gasteiger partial charge on any atom is 0.250 e. The third kappa shape index (κ3) is 3.41. The summed E-state index contributed by atoms with van der Waals surface area (Å²) < 4.78 is 1.67. The van der Waals surface area contributed by atoms with Crippen molar-refractivity contribution in [2.24, 2.45) is 0 Å². The topological polar surface area (TPSA) is 39.1 Å². The Labute approximate surface area is 112 Å². The van der Waals surface area contributed by atoms with Crippen molar-refractivity contribution in [2.45, 2.75) is 26.8 Å². The van der Waals surface area contributed by atoms with Gasteiger partial charge in [-0.2, -0.15) is 0 Å². The standard InChI is InChI=1S/C16H17NO2/c1-12-7-8-16(19)17(10-12)11-15-6-4-3-5-14(15)9-13(2)18/h3-8,10H,9,11H2,1-2H3. The van der Waals surface area contributed by atoms with E-state index >= 15 is 0 Å². The lowest BCUT2D eigenvalue weighted by atomic mass is 10.0. The van der Waals surface area contributed by atoms with Gasteiger partial charge in [-0.15, -0.1) is 0 Å². The van der Waals surface area contributed by atoms with Gasteiger partial charge in [0.05, 0.1) is 6.54 Å². The first-order valence-electron chi connectivity index (χ1n) is 6.29. The maximum absolute atomic E-state index is 11.8. The van der Waals surface area contributed by atoms with Crippen LogP contribution in [0.1, 0.15) is 23.6 Å². The lowest BCUT2D eigenvalue weighted by Gasteiger charge is -2.10. The monoisotopic (exact) mass is 255 g/mol. The number of aryl methyl sites for hydroxylation is 1. The molecule has 0 aliphatic rings. The summed E-state index contributed by atoms with van der Waals surface area (Å²) in [6.07, 6.45) is 2.25. The van der Waals surface area contributed by atoms with Crippen LogP contribution in [-0.2, 0) is 17.8 Å². The van der Waals surface area contributed by atoms with Crippen LogP contribution in [0, 0.1) is 6.92 Å². The van der Waals surface area contributed by atoms with Gasteiger partial charge in [-0.3, -0.25) is 9.59 Å². The van der Waals surface area contributed by atoms with E-state index in [0.29, 0.717) is 13.0 Å². The summed E-state index contributed by atoms with van der Waals surface area (Å²) in [5, 5.41) is 0. The average Bonchev–Trinajstić information content (AvgIpc) is 2.35. The summed E-state index contributed by atoms with van der Waals surface area (Å²) in [5.41, 5.74) is 3.03. The second-order valence-corrected chi connectivity index (χ2v) is 4.82. The van der Waals surface area contributed by atoms with Crippen molar-refractivity contribution in [3.63, 3.8) is 0 Å². The molecule has 0 saturated carbocycles. The molecule has 3 nitrogen and oxygen atoms in total. The Morgan fingerprint density at radius 2 is 1.79 bits per heavy atom. The molecule has 3 heteroatoms. The Balaban J connectivity index is 2.35. The van der Waals surface area contributed by atoms with Gasteiger partial charge in [0, 0.05) is 18.7 Å². The first-order valence-corrected chi connectivity index (χ1v) is 6.29. The lowest BCUT2D eigenvalue weighted by molar-refractivity contribution is -0.116. The molecule has 98 valence electrons. The molecule has 0 N–H and O–H groups in total.